The van der Waals surface area contributed by atoms with Gasteiger partial charge in [-0.25, -0.2) is 0 Å². The molecule has 0 radical (unpaired) electrons. The lowest BCUT2D eigenvalue weighted by Gasteiger charge is -2.01. The van der Waals surface area contributed by atoms with Crippen molar-refractivity contribution in [2.24, 2.45) is 0 Å². The van der Waals surface area contributed by atoms with Crippen LogP contribution in [0.4, 0.5) is 0 Å². The molecule has 0 saturated heterocycles. The van der Waals surface area contributed by atoms with Crippen LogP contribution < -0.4 is 0 Å². The van der Waals surface area contributed by atoms with E-state index in [1.165, 1.54) is 9.79 Å². The lowest BCUT2D eigenvalue weighted by Crippen LogP contribution is -1.68. The van der Waals surface area contributed by atoms with E-state index in [0.29, 0.717) is 0 Å². The molecule has 0 nitrogen and oxygen atoms in total. The smallest absolute Gasteiger partial charge is 0.0192 e. The van der Waals surface area contributed by atoms with E-state index in [0.717, 1.165) is 9.79 Å². The molecule has 0 fully saturated rings. The highest BCUT2D eigenvalue weighted by atomic mass is 33.5. The fourth-order valence-corrected chi connectivity index (χ4v) is 5.04. The van der Waals surface area contributed by atoms with Gasteiger partial charge in [-0.05, 0) is 79.9 Å². The van der Waals surface area contributed by atoms with Gasteiger partial charge < -0.3 is 0 Å². The van der Waals surface area contributed by atoms with Crippen molar-refractivity contribution in [2.75, 3.05) is 0 Å². The number of hydrogen-bond donors (Lipinski definition) is 2. The lowest BCUT2D eigenvalue weighted by atomic mass is 10.4. The Morgan fingerprint density at radius 3 is 1.29 bits per heavy atom. The van der Waals surface area contributed by atoms with Crippen molar-refractivity contribution < 1.29 is 0 Å². The van der Waals surface area contributed by atoms with Gasteiger partial charge in [-0.15, -0.1) is 25.3 Å². The lowest BCUT2D eigenvalue weighted by molar-refractivity contribution is 1.37. The zero-order chi connectivity index (χ0) is 12.1. The van der Waals surface area contributed by atoms with Gasteiger partial charge in [0.1, 0.15) is 0 Å². The average Bonchev–Trinajstić information content (AvgIpc) is 2.34. The van der Waals surface area contributed by atoms with E-state index in [9.17, 15) is 0 Å². The molecule has 0 aliphatic heterocycles. The molecule has 88 valence electrons. The van der Waals surface area contributed by atoms with Crippen LogP contribution in [0.5, 0.6) is 0 Å². The monoisotopic (exact) mass is 314 g/mol. The Kier molecular flexibility index (Phi) is 5.56. The van der Waals surface area contributed by atoms with Gasteiger partial charge in [0.25, 0.3) is 0 Å². The summed E-state index contributed by atoms with van der Waals surface area (Å²) < 4.78 is 0. The van der Waals surface area contributed by atoms with Gasteiger partial charge in [-0.2, -0.15) is 0 Å². The summed E-state index contributed by atoms with van der Waals surface area (Å²) >= 11 is 8.52. The van der Waals surface area contributed by atoms with Crippen molar-refractivity contribution >= 4 is 56.7 Å². The molecule has 17 heavy (non-hydrogen) atoms. The minimum absolute atomic E-state index is 0.997. The predicted molar refractivity (Wildman–Crippen MR) is 86.7 cm³/mol. The van der Waals surface area contributed by atoms with Crippen molar-refractivity contribution in [3.05, 3.63) is 48.5 Å². The van der Waals surface area contributed by atoms with Crippen molar-refractivity contribution in [3.63, 3.8) is 0 Å². The molecule has 2 aromatic carbocycles. The quantitative estimate of drug-likeness (QED) is 0.548. The minimum Gasteiger partial charge on any atom is -0.143 e. The fraction of sp³-hybridized carbons (Fsp3) is 0. The summed E-state index contributed by atoms with van der Waals surface area (Å²) in [4.78, 5) is 4.48. The van der Waals surface area contributed by atoms with Crippen LogP contribution in [0.1, 0.15) is 0 Å². The third-order valence-corrected chi connectivity index (χ3v) is 6.38. The Hall–Kier alpha value is 0.190. The highest BCUT2D eigenvalue weighted by Gasteiger charge is 1.98. The third-order valence-electron chi connectivity index (χ3n) is 1.93. The molecule has 0 spiro atoms. The Morgan fingerprint density at radius 2 is 0.941 bits per heavy atom. The van der Waals surface area contributed by atoms with Crippen LogP contribution in [0.3, 0.4) is 0 Å². The first-order chi connectivity index (χ1) is 8.24. The molecule has 2 rings (SSSR count). The summed E-state index contributed by atoms with van der Waals surface area (Å²) in [5, 5.41) is 0. The van der Waals surface area contributed by atoms with Gasteiger partial charge in [-0.1, -0.05) is 0 Å². The first-order valence-corrected chi connectivity index (χ1v) is 9.21. The topological polar surface area (TPSA) is 0 Å². The van der Waals surface area contributed by atoms with E-state index in [-0.39, 0.29) is 0 Å². The molecular weight excluding hydrogens is 304 g/mol. The molecule has 0 atom stereocenters. The molecule has 0 N–H and O–H groups in total. The Morgan fingerprint density at radius 1 is 0.588 bits per heavy atom. The molecule has 2 aromatic rings. The Bertz CT molecular complexity index is 418. The van der Waals surface area contributed by atoms with E-state index in [4.69, 9.17) is 0 Å². The summed E-state index contributed by atoms with van der Waals surface area (Å²) in [5.41, 5.74) is 0. The van der Waals surface area contributed by atoms with Gasteiger partial charge in [0.15, 0.2) is 0 Å². The van der Waals surface area contributed by atoms with Gasteiger partial charge in [0.05, 0.1) is 0 Å². The molecule has 0 unspecified atom stereocenters. The molecular formula is C12H10S5. The molecule has 5 heteroatoms. The predicted octanol–water partition coefficient (Wildman–Crippen LogP) is 5.71. The van der Waals surface area contributed by atoms with E-state index >= 15 is 0 Å². The van der Waals surface area contributed by atoms with Gasteiger partial charge in [0.2, 0.25) is 0 Å². The van der Waals surface area contributed by atoms with Gasteiger partial charge in [-0.3, -0.25) is 0 Å². The van der Waals surface area contributed by atoms with Crippen LogP contribution in [-0.4, -0.2) is 0 Å². The molecule has 0 saturated carbocycles. The average molecular weight is 315 g/mol. The van der Waals surface area contributed by atoms with Gasteiger partial charge >= 0.3 is 0 Å². The zero-order valence-corrected chi connectivity index (χ0v) is 13.0. The van der Waals surface area contributed by atoms with Crippen LogP contribution >= 0.6 is 56.7 Å². The highest BCUT2D eigenvalue weighted by molar-refractivity contribution is 9.09. The van der Waals surface area contributed by atoms with Crippen molar-refractivity contribution in [2.45, 2.75) is 19.6 Å². The fourth-order valence-electron chi connectivity index (χ4n) is 1.10. The third kappa shape index (κ3) is 4.75. The van der Waals surface area contributed by atoms with Crippen LogP contribution in [0.25, 0.3) is 0 Å². The summed E-state index contributed by atoms with van der Waals surface area (Å²) in [6.07, 6.45) is 0. The second-order valence-corrected chi connectivity index (χ2v) is 8.30. The Balaban J connectivity index is 1.83. The van der Waals surface area contributed by atoms with E-state index in [2.05, 4.69) is 49.5 Å². The molecule has 0 aliphatic rings. The first kappa shape index (κ1) is 13.6. The molecule has 0 amide bonds. The number of benzene rings is 2. The van der Waals surface area contributed by atoms with Crippen molar-refractivity contribution in [1.82, 2.24) is 0 Å². The maximum absolute atomic E-state index is 4.26. The summed E-state index contributed by atoms with van der Waals surface area (Å²) in [6.45, 7) is 0. The first-order valence-electron chi connectivity index (χ1n) is 4.83. The van der Waals surface area contributed by atoms with Crippen LogP contribution in [0, 0.1) is 0 Å². The molecule has 0 aliphatic carbocycles. The summed E-state index contributed by atoms with van der Waals surface area (Å²) in [6, 6.07) is 16.3. The highest BCUT2D eigenvalue weighted by Crippen LogP contribution is 2.44. The molecule has 0 heterocycles. The summed E-state index contributed by atoms with van der Waals surface area (Å²) in [7, 11) is 5.26. The van der Waals surface area contributed by atoms with E-state index in [1.807, 2.05) is 24.3 Å². The maximum atomic E-state index is 4.26. The number of rotatable bonds is 4. The van der Waals surface area contributed by atoms with Crippen LogP contribution in [-0.2, 0) is 0 Å². The second kappa shape index (κ2) is 6.95. The normalized spacial score (nSPS) is 10.5. The van der Waals surface area contributed by atoms with E-state index < -0.39 is 0 Å². The van der Waals surface area contributed by atoms with E-state index in [1.54, 1.807) is 31.4 Å². The number of hydrogen-bond acceptors (Lipinski definition) is 5. The van der Waals surface area contributed by atoms with Crippen LogP contribution in [0.15, 0.2) is 68.1 Å². The Labute approximate surface area is 124 Å². The van der Waals surface area contributed by atoms with Crippen LogP contribution in [0.2, 0.25) is 0 Å². The standard InChI is InChI=1S/C12H10S5/c13-9-1-5-11(6-2-9)15-17-16-12-7-3-10(14)4-8-12/h1-8,13-14H. The van der Waals surface area contributed by atoms with Gasteiger partial charge in [0, 0.05) is 19.6 Å². The number of thiol groups is 2. The SMILES string of the molecule is Sc1ccc(SSSc2ccc(S)cc2)cc1. The second-order valence-electron chi connectivity index (χ2n) is 3.22. The molecule has 0 bridgehead atoms. The van der Waals surface area contributed by atoms with Crippen molar-refractivity contribution in [3.8, 4) is 0 Å². The molecule has 0 aromatic heterocycles. The maximum Gasteiger partial charge on any atom is 0.0192 e. The zero-order valence-electron chi connectivity index (χ0n) is 8.74. The van der Waals surface area contributed by atoms with Crippen molar-refractivity contribution in [1.29, 1.82) is 0 Å². The largest absolute Gasteiger partial charge is 0.143 e. The minimum atomic E-state index is 0.997. The summed E-state index contributed by atoms with van der Waals surface area (Å²) in [5.74, 6) is 0.